The number of nitrogens with zero attached hydrogens (tertiary/aromatic N) is 4. The molecule has 0 saturated carbocycles. The second kappa shape index (κ2) is 8.81. The van der Waals surface area contributed by atoms with Crippen molar-refractivity contribution in [2.45, 2.75) is 32.4 Å². The molecule has 0 spiro atoms. The number of hydrogen-bond donors (Lipinski definition) is 0. The van der Waals surface area contributed by atoms with Gasteiger partial charge in [0.25, 0.3) is 5.91 Å². The van der Waals surface area contributed by atoms with Crippen LogP contribution in [0.2, 0.25) is 5.15 Å². The summed E-state index contributed by atoms with van der Waals surface area (Å²) in [5.74, 6) is -0.361. The van der Waals surface area contributed by atoms with Crippen LogP contribution in [0.15, 0.2) is 24.3 Å². The summed E-state index contributed by atoms with van der Waals surface area (Å²) in [7, 11) is 0. The fourth-order valence-electron chi connectivity index (χ4n) is 4.03. The molecule has 29 heavy (non-hydrogen) atoms. The van der Waals surface area contributed by atoms with Crippen LogP contribution in [0, 0.1) is 12.7 Å². The van der Waals surface area contributed by atoms with Crippen molar-refractivity contribution in [3.05, 3.63) is 52.1 Å². The second-order valence-corrected chi connectivity index (χ2v) is 8.12. The molecular weight excluding hydrogens is 395 g/mol. The Kier molecular flexibility index (Phi) is 6.18. The Labute approximate surface area is 175 Å². The van der Waals surface area contributed by atoms with E-state index in [0.717, 1.165) is 44.6 Å². The van der Waals surface area contributed by atoms with Gasteiger partial charge in [-0.15, -0.1) is 0 Å². The summed E-state index contributed by atoms with van der Waals surface area (Å²) >= 11 is 6.52. The van der Waals surface area contributed by atoms with Gasteiger partial charge in [0, 0.05) is 39.3 Å². The molecule has 1 unspecified atom stereocenters. The lowest BCUT2D eigenvalue weighted by molar-refractivity contribution is 0.0432. The van der Waals surface area contributed by atoms with E-state index in [9.17, 15) is 9.18 Å². The average molecular weight is 421 g/mol. The Morgan fingerprint density at radius 3 is 2.62 bits per heavy atom. The SMILES string of the molecule is Cc1nn(Cc2ccc(F)cc2)c(Cl)c1C(=O)N1CCN(CC2CCCO2)CC1. The Hall–Kier alpha value is -1.96. The summed E-state index contributed by atoms with van der Waals surface area (Å²) in [5, 5.41) is 4.78. The molecule has 2 saturated heterocycles. The van der Waals surface area contributed by atoms with E-state index in [2.05, 4.69) is 10.00 Å². The smallest absolute Gasteiger partial charge is 0.258 e. The van der Waals surface area contributed by atoms with Crippen molar-refractivity contribution < 1.29 is 13.9 Å². The van der Waals surface area contributed by atoms with Gasteiger partial charge < -0.3 is 9.64 Å². The molecule has 3 heterocycles. The van der Waals surface area contributed by atoms with E-state index in [1.165, 1.54) is 12.1 Å². The van der Waals surface area contributed by atoms with Crippen LogP contribution in [0.1, 0.15) is 34.5 Å². The van der Waals surface area contributed by atoms with Gasteiger partial charge in [-0.05, 0) is 37.5 Å². The predicted molar refractivity (Wildman–Crippen MR) is 109 cm³/mol. The van der Waals surface area contributed by atoms with Crippen LogP contribution in [0.25, 0.3) is 0 Å². The number of halogens is 2. The van der Waals surface area contributed by atoms with Crippen LogP contribution >= 0.6 is 11.6 Å². The summed E-state index contributed by atoms with van der Waals surface area (Å²) in [4.78, 5) is 17.3. The average Bonchev–Trinajstić information content (AvgIpc) is 3.32. The molecule has 0 radical (unpaired) electrons. The van der Waals surface area contributed by atoms with Crippen molar-refractivity contribution in [3.8, 4) is 0 Å². The van der Waals surface area contributed by atoms with Crippen molar-refractivity contribution in [2.24, 2.45) is 0 Å². The number of hydrogen-bond acceptors (Lipinski definition) is 4. The largest absolute Gasteiger partial charge is 0.377 e. The fraction of sp³-hybridized carbons (Fsp3) is 0.524. The minimum Gasteiger partial charge on any atom is -0.377 e. The number of carbonyl (C=O) groups excluding carboxylic acids is 1. The Morgan fingerprint density at radius 2 is 1.97 bits per heavy atom. The summed E-state index contributed by atoms with van der Waals surface area (Å²) in [6, 6.07) is 6.19. The molecule has 1 amide bonds. The topological polar surface area (TPSA) is 50.6 Å². The molecular formula is C21H26ClFN4O2. The molecule has 8 heteroatoms. The highest BCUT2D eigenvalue weighted by molar-refractivity contribution is 6.33. The number of aryl methyl sites for hydroxylation is 1. The maximum atomic E-state index is 13.1. The molecule has 0 aliphatic carbocycles. The number of carbonyl (C=O) groups is 1. The van der Waals surface area contributed by atoms with Crippen LogP contribution in [0.3, 0.4) is 0 Å². The van der Waals surface area contributed by atoms with Crippen molar-refractivity contribution in [1.29, 1.82) is 0 Å². The third kappa shape index (κ3) is 4.63. The molecule has 2 aliphatic heterocycles. The Bertz CT molecular complexity index is 856. The van der Waals surface area contributed by atoms with Gasteiger partial charge in [-0.1, -0.05) is 23.7 Å². The molecule has 6 nitrogen and oxygen atoms in total. The van der Waals surface area contributed by atoms with Gasteiger partial charge in [0.1, 0.15) is 11.0 Å². The molecule has 1 aromatic heterocycles. The van der Waals surface area contributed by atoms with Crippen molar-refractivity contribution >= 4 is 17.5 Å². The van der Waals surface area contributed by atoms with Crippen molar-refractivity contribution in [3.63, 3.8) is 0 Å². The molecule has 2 fully saturated rings. The van der Waals surface area contributed by atoms with Gasteiger partial charge in [0.15, 0.2) is 0 Å². The molecule has 2 aromatic rings. The highest BCUT2D eigenvalue weighted by atomic mass is 35.5. The first-order valence-corrected chi connectivity index (χ1v) is 10.5. The quantitative estimate of drug-likeness (QED) is 0.746. The van der Waals surface area contributed by atoms with Crippen LogP contribution in [-0.4, -0.2) is 70.9 Å². The first-order valence-electron chi connectivity index (χ1n) is 10.1. The molecule has 1 atom stereocenters. The molecule has 1 aromatic carbocycles. The molecule has 4 rings (SSSR count). The molecule has 156 valence electrons. The maximum absolute atomic E-state index is 13.1. The highest BCUT2D eigenvalue weighted by Gasteiger charge is 2.29. The Balaban J connectivity index is 1.39. The lowest BCUT2D eigenvalue weighted by Gasteiger charge is -2.35. The van der Waals surface area contributed by atoms with Crippen LogP contribution in [0.5, 0.6) is 0 Å². The van der Waals surface area contributed by atoms with E-state index < -0.39 is 0 Å². The van der Waals surface area contributed by atoms with Crippen molar-refractivity contribution in [2.75, 3.05) is 39.3 Å². The molecule has 2 aliphatic rings. The number of benzene rings is 1. The first-order chi connectivity index (χ1) is 14.0. The maximum Gasteiger partial charge on any atom is 0.258 e. The van der Waals surface area contributed by atoms with E-state index in [1.807, 2.05) is 4.90 Å². The number of aromatic nitrogens is 2. The van der Waals surface area contributed by atoms with Gasteiger partial charge in [-0.2, -0.15) is 5.10 Å². The molecule has 0 bridgehead atoms. The number of amides is 1. The fourth-order valence-corrected chi connectivity index (χ4v) is 4.35. The van der Waals surface area contributed by atoms with Gasteiger partial charge in [-0.3, -0.25) is 9.69 Å². The second-order valence-electron chi connectivity index (χ2n) is 7.76. The van der Waals surface area contributed by atoms with Gasteiger partial charge in [-0.25, -0.2) is 9.07 Å². The summed E-state index contributed by atoms with van der Waals surface area (Å²) < 4.78 is 20.4. The van der Waals surface area contributed by atoms with Crippen LogP contribution in [0.4, 0.5) is 4.39 Å². The van der Waals surface area contributed by atoms with E-state index >= 15 is 0 Å². The highest BCUT2D eigenvalue weighted by Crippen LogP contribution is 2.24. The van der Waals surface area contributed by atoms with E-state index in [0.29, 0.717) is 42.1 Å². The monoisotopic (exact) mass is 420 g/mol. The lowest BCUT2D eigenvalue weighted by atomic mass is 10.2. The van der Waals surface area contributed by atoms with Gasteiger partial charge in [0.05, 0.1) is 23.9 Å². The van der Waals surface area contributed by atoms with E-state index in [-0.39, 0.29) is 11.7 Å². The van der Waals surface area contributed by atoms with Crippen LogP contribution < -0.4 is 0 Å². The number of ether oxygens (including phenoxy) is 1. The standard InChI is InChI=1S/C21H26ClFN4O2/c1-15-19(20(22)27(24-15)13-16-4-6-17(23)7-5-16)21(28)26-10-8-25(9-11-26)14-18-3-2-12-29-18/h4-7,18H,2-3,8-14H2,1H3. The third-order valence-corrected chi connectivity index (χ3v) is 6.05. The number of piperazine rings is 1. The molecule has 0 N–H and O–H groups in total. The minimum atomic E-state index is -0.286. The lowest BCUT2D eigenvalue weighted by Crippen LogP contribution is -2.50. The zero-order valence-electron chi connectivity index (χ0n) is 16.6. The van der Waals surface area contributed by atoms with Gasteiger partial charge in [0.2, 0.25) is 0 Å². The normalized spacial score (nSPS) is 20.4. The van der Waals surface area contributed by atoms with E-state index in [1.54, 1.807) is 23.7 Å². The van der Waals surface area contributed by atoms with Crippen molar-refractivity contribution in [1.82, 2.24) is 19.6 Å². The van der Waals surface area contributed by atoms with Crippen LogP contribution in [-0.2, 0) is 11.3 Å². The first kappa shape index (κ1) is 20.3. The third-order valence-electron chi connectivity index (χ3n) is 5.67. The van der Waals surface area contributed by atoms with E-state index in [4.69, 9.17) is 16.3 Å². The number of rotatable bonds is 5. The van der Waals surface area contributed by atoms with Gasteiger partial charge >= 0.3 is 0 Å². The zero-order chi connectivity index (χ0) is 20.4. The summed E-state index contributed by atoms with van der Waals surface area (Å²) in [5.41, 5.74) is 1.95. The summed E-state index contributed by atoms with van der Waals surface area (Å²) in [6.45, 7) is 7.02. The zero-order valence-corrected chi connectivity index (χ0v) is 17.4. The predicted octanol–water partition coefficient (Wildman–Crippen LogP) is 2.97. The minimum absolute atomic E-state index is 0.0744. The Morgan fingerprint density at radius 1 is 1.24 bits per heavy atom. The summed E-state index contributed by atoms with van der Waals surface area (Å²) in [6.07, 6.45) is 2.60.